The van der Waals surface area contributed by atoms with E-state index in [-0.39, 0.29) is 24.4 Å². The number of rotatable bonds is 10. The Labute approximate surface area is 194 Å². The highest BCUT2D eigenvalue weighted by atomic mass is 19.1. The Bertz CT molecular complexity index is 1050. The molecule has 0 aliphatic carbocycles. The van der Waals surface area contributed by atoms with Gasteiger partial charge in [0.2, 0.25) is 5.91 Å². The Morgan fingerprint density at radius 1 is 1.00 bits per heavy atom. The van der Waals surface area contributed by atoms with Crippen LogP contribution in [0.25, 0.3) is 0 Å². The summed E-state index contributed by atoms with van der Waals surface area (Å²) in [6.45, 7) is 6.53. The van der Waals surface area contributed by atoms with Gasteiger partial charge in [0, 0.05) is 18.2 Å². The van der Waals surface area contributed by atoms with Gasteiger partial charge in [0.1, 0.15) is 23.9 Å². The molecule has 0 saturated carbocycles. The van der Waals surface area contributed by atoms with E-state index in [0.29, 0.717) is 37.3 Å². The summed E-state index contributed by atoms with van der Waals surface area (Å²) >= 11 is 0. The number of carbonyl (C=O) groups is 2. The second kappa shape index (κ2) is 11.5. The third kappa shape index (κ3) is 6.78. The van der Waals surface area contributed by atoms with Gasteiger partial charge in [-0.25, -0.2) is 4.39 Å². The topological polar surface area (TPSA) is 53.8 Å². The summed E-state index contributed by atoms with van der Waals surface area (Å²) in [5, 5.41) is 0. The van der Waals surface area contributed by atoms with Crippen molar-refractivity contribution in [1.29, 1.82) is 0 Å². The van der Waals surface area contributed by atoms with Gasteiger partial charge in [0.25, 0.3) is 5.91 Å². The lowest BCUT2D eigenvalue weighted by atomic mass is 10.1. The molecule has 3 aromatic rings. The highest BCUT2D eigenvalue weighted by Gasteiger charge is 2.26. The Morgan fingerprint density at radius 3 is 2.30 bits per heavy atom. The van der Waals surface area contributed by atoms with Gasteiger partial charge >= 0.3 is 0 Å². The molecular weight excluding hydrogens is 419 g/mol. The van der Waals surface area contributed by atoms with Crippen molar-refractivity contribution in [1.82, 2.24) is 9.80 Å². The van der Waals surface area contributed by atoms with Crippen LogP contribution in [-0.4, -0.2) is 40.7 Å². The number of hydrogen-bond acceptors (Lipinski definition) is 3. The third-order valence-electron chi connectivity index (χ3n) is 5.79. The van der Waals surface area contributed by atoms with E-state index in [1.165, 1.54) is 24.3 Å². The molecule has 0 radical (unpaired) electrons. The maximum Gasteiger partial charge on any atom is 0.254 e. The van der Waals surface area contributed by atoms with E-state index in [9.17, 15) is 14.0 Å². The number of amides is 2. The van der Waals surface area contributed by atoms with E-state index in [1.54, 1.807) is 9.80 Å². The molecule has 0 aliphatic heterocycles. The van der Waals surface area contributed by atoms with Gasteiger partial charge < -0.3 is 14.2 Å². The minimum atomic E-state index is -0.404. The molecule has 1 unspecified atom stereocenters. The first-order valence-electron chi connectivity index (χ1n) is 11.3. The van der Waals surface area contributed by atoms with Crippen molar-refractivity contribution in [2.45, 2.75) is 46.2 Å². The Morgan fingerprint density at radius 2 is 1.70 bits per heavy atom. The molecule has 0 saturated heterocycles. The number of hydrogen-bond donors (Lipinski definition) is 0. The Kier molecular flexibility index (Phi) is 8.41. The fraction of sp³-hybridized carbons (Fsp3) is 0.333. The van der Waals surface area contributed by atoms with E-state index in [2.05, 4.69) is 0 Å². The van der Waals surface area contributed by atoms with Crippen LogP contribution in [0.5, 0.6) is 0 Å². The summed E-state index contributed by atoms with van der Waals surface area (Å²) in [7, 11) is 0. The van der Waals surface area contributed by atoms with E-state index in [0.717, 1.165) is 11.3 Å². The molecule has 1 aromatic heterocycles. The van der Waals surface area contributed by atoms with E-state index < -0.39 is 5.82 Å². The molecule has 0 N–H and O–H groups in total. The lowest BCUT2D eigenvalue weighted by molar-refractivity contribution is -0.133. The van der Waals surface area contributed by atoms with Crippen LogP contribution in [0.3, 0.4) is 0 Å². The molecule has 2 amide bonds. The first-order valence-corrected chi connectivity index (χ1v) is 11.3. The zero-order valence-corrected chi connectivity index (χ0v) is 19.5. The minimum Gasteiger partial charge on any atom is -0.464 e. The number of aryl methyl sites for hydroxylation is 1. The summed E-state index contributed by atoms with van der Waals surface area (Å²) in [4.78, 5) is 29.9. The molecule has 33 heavy (non-hydrogen) atoms. The van der Waals surface area contributed by atoms with Crippen molar-refractivity contribution in [2.75, 3.05) is 13.1 Å². The number of nitrogens with zero attached hydrogens (tertiary/aromatic N) is 2. The molecule has 5 nitrogen and oxygen atoms in total. The van der Waals surface area contributed by atoms with Crippen molar-refractivity contribution in [2.24, 2.45) is 0 Å². The second-order valence-corrected chi connectivity index (χ2v) is 8.26. The summed E-state index contributed by atoms with van der Waals surface area (Å²) in [6, 6.07) is 19.0. The van der Waals surface area contributed by atoms with Crippen LogP contribution in [-0.2, 0) is 17.8 Å². The molecule has 174 valence electrons. The third-order valence-corrected chi connectivity index (χ3v) is 5.79. The molecule has 6 heteroatoms. The van der Waals surface area contributed by atoms with Crippen LogP contribution in [0.4, 0.5) is 4.39 Å². The standard InChI is InChI=1S/C27H31FN2O3/c1-4-20(2)30(27(32)23-11-13-24(28)14-12-23)19-26(31)29(18-25-15-10-21(3)33-25)17-16-22-8-6-5-7-9-22/h5-15,20H,4,16-19H2,1-3H3. The maximum absolute atomic E-state index is 13.4. The molecule has 2 aromatic carbocycles. The predicted octanol–water partition coefficient (Wildman–Crippen LogP) is 5.24. The number of furan rings is 1. The molecule has 0 bridgehead atoms. The summed E-state index contributed by atoms with van der Waals surface area (Å²) < 4.78 is 19.0. The van der Waals surface area contributed by atoms with Gasteiger partial charge in [0.05, 0.1) is 6.54 Å². The fourth-order valence-electron chi connectivity index (χ4n) is 3.61. The maximum atomic E-state index is 13.4. The monoisotopic (exact) mass is 450 g/mol. The number of halogens is 1. The molecule has 0 aliphatic rings. The van der Waals surface area contributed by atoms with Crippen LogP contribution in [0.15, 0.2) is 71.1 Å². The van der Waals surface area contributed by atoms with Crippen molar-refractivity contribution in [3.05, 3.63) is 95.2 Å². The van der Waals surface area contributed by atoms with Crippen LogP contribution in [0, 0.1) is 12.7 Å². The smallest absolute Gasteiger partial charge is 0.254 e. The normalized spacial score (nSPS) is 11.8. The zero-order valence-electron chi connectivity index (χ0n) is 19.5. The molecule has 3 rings (SSSR count). The molecular formula is C27H31FN2O3. The van der Waals surface area contributed by atoms with E-state index in [4.69, 9.17) is 4.42 Å². The first-order chi connectivity index (χ1) is 15.9. The van der Waals surface area contributed by atoms with Crippen molar-refractivity contribution in [3.8, 4) is 0 Å². The van der Waals surface area contributed by atoms with Crippen molar-refractivity contribution >= 4 is 11.8 Å². The van der Waals surface area contributed by atoms with Crippen molar-refractivity contribution < 1.29 is 18.4 Å². The van der Waals surface area contributed by atoms with Gasteiger partial charge in [-0.2, -0.15) is 0 Å². The number of benzene rings is 2. The van der Waals surface area contributed by atoms with Crippen LogP contribution < -0.4 is 0 Å². The fourth-order valence-corrected chi connectivity index (χ4v) is 3.61. The zero-order chi connectivity index (χ0) is 23.8. The molecule has 1 atom stereocenters. The Balaban J connectivity index is 1.78. The second-order valence-electron chi connectivity index (χ2n) is 8.26. The average Bonchev–Trinajstić information content (AvgIpc) is 3.24. The van der Waals surface area contributed by atoms with Gasteiger partial charge in [-0.3, -0.25) is 9.59 Å². The Hall–Kier alpha value is -3.41. The largest absolute Gasteiger partial charge is 0.464 e. The highest BCUT2D eigenvalue weighted by Crippen LogP contribution is 2.15. The lowest BCUT2D eigenvalue weighted by Crippen LogP contribution is -2.46. The van der Waals surface area contributed by atoms with Gasteiger partial charge in [-0.1, -0.05) is 37.3 Å². The summed E-state index contributed by atoms with van der Waals surface area (Å²) in [5.41, 5.74) is 1.49. The molecule has 0 spiro atoms. The van der Waals surface area contributed by atoms with Gasteiger partial charge in [-0.05, 0) is 68.7 Å². The van der Waals surface area contributed by atoms with Crippen molar-refractivity contribution in [3.63, 3.8) is 0 Å². The molecule has 0 fully saturated rings. The van der Waals surface area contributed by atoms with Crippen LogP contribution in [0.1, 0.15) is 47.7 Å². The van der Waals surface area contributed by atoms with Gasteiger partial charge in [0.15, 0.2) is 0 Å². The van der Waals surface area contributed by atoms with E-state index >= 15 is 0 Å². The molecule has 1 heterocycles. The van der Waals surface area contributed by atoms with Crippen LogP contribution in [0.2, 0.25) is 0 Å². The quantitative estimate of drug-likeness (QED) is 0.425. The minimum absolute atomic E-state index is 0.0559. The SMILES string of the molecule is CCC(C)N(CC(=O)N(CCc1ccccc1)Cc1ccc(C)o1)C(=O)c1ccc(F)cc1. The predicted molar refractivity (Wildman–Crippen MR) is 126 cm³/mol. The lowest BCUT2D eigenvalue weighted by Gasteiger charge is -2.31. The van der Waals surface area contributed by atoms with E-state index in [1.807, 2.05) is 63.2 Å². The number of carbonyl (C=O) groups excluding carboxylic acids is 2. The summed E-state index contributed by atoms with van der Waals surface area (Å²) in [5.74, 6) is 0.644. The summed E-state index contributed by atoms with van der Waals surface area (Å²) in [6.07, 6.45) is 1.39. The average molecular weight is 451 g/mol. The van der Waals surface area contributed by atoms with Gasteiger partial charge in [-0.15, -0.1) is 0 Å². The van der Waals surface area contributed by atoms with Crippen LogP contribution >= 0.6 is 0 Å². The first kappa shape index (κ1) is 24.2. The highest BCUT2D eigenvalue weighted by molar-refractivity contribution is 5.96.